The molecule has 0 amide bonds. The number of nitrogens with two attached hydrogens (primary N) is 1. The van der Waals surface area contributed by atoms with Crippen LogP contribution in [-0.2, 0) is 0 Å². The molecule has 18 heavy (non-hydrogen) atoms. The van der Waals surface area contributed by atoms with Crippen molar-refractivity contribution in [3.63, 3.8) is 0 Å². The molecule has 0 bridgehead atoms. The van der Waals surface area contributed by atoms with Gasteiger partial charge < -0.3 is 10.3 Å². The van der Waals surface area contributed by atoms with Crippen LogP contribution in [0.5, 0.6) is 0 Å². The van der Waals surface area contributed by atoms with Gasteiger partial charge in [0.05, 0.1) is 0 Å². The predicted molar refractivity (Wildman–Crippen MR) is 75.6 cm³/mol. The van der Waals surface area contributed by atoms with Crippen LogP contribution in [0.25, 0.3) is 0 Å². The summed E-state index contributed by atoms with van der Waals surface area (Å²) in [5.74, 6) is 7.12. The summed E-state index contributed by atoms with van der Waals surface area (Å²) in [6, 6.07) is 6.58. The highest BCUT2D eigenvalue weighted by molar-refractivity contribution is 5.46. The summed E-state index contributed by atoms with van der Waals surface area (Å²) in [6.45, 7) is 8.83. The van der Waals surface area contributed by atoms with Crippen LogP contribution >= 0.6 is 0 Å². The summed E-state index contributed by atoms with van der Waals surface area (Å²) >= 11 is 0. The Morgan fingerprint density at radius 2 is 2.06 bits per heavy atom. The lowest BCUT2D eigenvalue weighted by Crippen LogP contribution is -2.49. The fourth-order valence-electron chi connectivity index (χ4n) is 2.33. The minimum Gasteiger partial charge on any atom is -0.354 e. The number of nitrogen functional groups attached to an aromatic ring is 1. The fourth-order valence-corrected chi connectivity index (χ4v) is 2.33. The van der Waals surface area contributed by atoms with Gasteiger partial charge >= 0.3 is 0 Å². The quantitative estimate of drug-likeness (QED) is 0.622. The summed E-state index contributed by atoms with van der Waals surface area (Å²) in [5.41, 5.74) is 2.59. The van der Waals surface area contributed by atoms with E-state index < -0.39 is 0 Å². The monoisotopic (exact) mass is 249 g/mol. The molecule has 5 heteroatoms. The van der Waals surface area contributed by atoms with Gasteiger partial charge in [0.2, 0.25) is 0 Å². The second-order valence-corrected chi connectivity index (χ2v) is 4.81. The topological polar surface area (TPSA) is 57.4 Å². The number of rotatable bonds is 4. The van der Waals surface area contributed by atoms with Gasteiger partial charge in [0.1, 0.15) is 11.6 Å². The van der Waals surface area contributed by atoms with Crippen molar-refractivity contribution in [3.05, 3.63) is 18.2 Å². The van der Waals surface area contributed by atoms with E-state index in [1.165, 1.54) is 6.42 Å². The molecule has 1 fully saturated rings. The van der Waals surface area contributed by atoms with Crippen LogP contribution in [0.1, 0.15) is 20.3 Å². The maximum Gasteiger partial charge on any atom is 0.142 e. The third-order valence-corrected chi connectivity index (χ3v) is 3.73. The average molecular weight is 249 g/mol. The van der Waals surface area contributed by atoms with Gasteiger partial charge in [-0.05, 0) is 25.5 Å². The van der Waals surface area contributed by atoms with Gasteiger partial charge in [0, 0.05) is 32.2 Å². The van der Waals surface area contributed by atoms with Gasteiger partial charge in [-0.25, -0.2) is 10.8 Å². The summed E-state index contributed by atoms with van der Waals surface area (Å²) in [5, 5.41) is 0. The summed E-state index contributed by atoms with van der Waals surface area (Å²) in [6.07, 6.45) is 1.21. The van der Waals surface area contributed by atoms with E-state index in [0.717, 1.165) is 37.8 Å². The summed E-state index contributed by atoms with van der Waals surface area (Å²) < 4.78 is 0. The second kappa shape index (κ2) is 6.02. The number of pyridine rings is 1. The van der Waals surface area contributed by atoms with Crippen molar-refractivity contribution < 1.29 is 0 Å². The van der Waals surface area contributed by atoms with Crippen molar-refractivity contribution in [1.29, 1.82) is 0 Å². The summed E-state index contributed by atoms with van der Waals surface area (Å²) in [7, 11) is 0. The first-order chi connectivity index (χ1) is 8.74. The summed E-state index contributed by atoms with van der Waals surface area (Å²) in [4.78, 5) is 9.34. The Hall–Kier alpha value is -1.33. The van der Waals surface area contributed by atoms with Gasteiger partial charge in [-0.2, -0.15) is 0 Å². The molecule has 3 N–H and O–H groups in total. The van der Waals surface area contributed by atoms with Gasteiger partial charge in [-0.3, -0.25) is 4.90 Å². The minimum absolute atomic E-state index is 0.678. The van der Waals surface area contributed by atoms with Gasteiger partial charge in [0.15, 0.2) is 0 Å². The Bertz CT molecular complexity index is 373. The lowest BCUT2D eigenvalue weighted by Gasteiger charge is -2.38. The zero-order valence-corrected chi connectivity index (χ0v) is 11.3. The van der Waals surface area contributed by atoms with E-state index >= 15 is 0 Å². The molecule has 1 aromatic heterocycles. The van der Waals surface area contributed by atoms with Crippen molar-refractivity contribution in [2.24, 2.45) is 5.84 Å². The highest BCUT2D eigenvalue weighted by atomic mass is 15.3. The molecule has 0 saturated carbocycles. The number of nitrogens with one attached hydrogen (secondary N) is 1. The molecule has 0 radical (unpaired) electrons. The predicted octanol–water partition coefficient (Wildman–Crippen LogP) is 1.29. The van der Waals surface area contributed by atoms with Crippen molar-refractivity contribution in [2.75, 3.05) is 36.5 Å². The molecule has 0 aliphatic carbocycles. The molecule has 1 aromatic rings. The number of hydrogen-bond acceptors (Lipinski definition) is 5. The van der Waals surface area contributed by atoms with E-state index in [-0.39, 0.29) is 0 Å². The van der Waals surface area contributed by atoms with Gasteiger partial charge in [-0.1, -0.05) is 13.0 Å². The van der Waals surface area contributed by atoms with Gasteiger partial charge in [0.25, 0.3) is 0 Å². The van der Waals surface area contributed by atoms with Crippen LogP contribution in [0.2, 0.25) is 0 Å². The highest BCUT2D eigenvalue weighted by Gasteiger charge is 2.20. The van der Waals surface area contributed by atoms with Crippen molar-refractivity contribution >= 4 is 11.6 Å². The molecule has 1 atom stereocenters. The number of nitrogens with zero attached hydrogens (tertiary/aromatic N) is 3. The third kappa shape index (κ3) is 2.91. The Morgan fingerprint density at radius 3 is 2.67 bits per heavy atom. The SMILES string of the molecule is CCC(C)N1CCN(c2cccc(NN)n2)CC1. The molecule has 100 valence electrons. The molecule has 5 nitrogen and oxygen atoms in total. The Balaban J connectivity index is 1.96. The first-order valence-corrected chi connectivity index (χ1v) is 6.67. The normalized spacial score (nSPS) is 18.7. The first kappa shape index (κ1) is 13.1. The Labute approximate surface area is 109 Å². The van der Waals surface area contributed by atoms with Crippen LogP contribution in [0.15, 0.2) is 18.2 Å². The van der Waals surface area contributed by atoms with Crippen LogP contribution in [0.3, 0.4) is 0 Å². The lowest BCUT2D eigenvalue weighted by atomic mass is 10.2. The van der Waals surface area contributed by atoms with Crippen molar-refractivity contribution in [1.82, 2.24) is 9.88 Å². The molecular weight excluding hydrogens is 226 g/mol. The highest BCUT2D eigenvalue weighted by Crippen LogP contribution is 2.17. The molecule has 1 aliphatic heterocycles. The first-order valence-electron chi connectivity index (χ1n) is 6.67. The number of piperazine rings is 1. The molecule has 0 aromatic carbocycles. The molecule has 1 aliphatic rings. The average Bonchev–Trinajstić information content (AvgIpc) is 2.46. The number of hydrazine groups is 1. The number of hydrogen-bond donors (Lipinski definition) is 2. The van der Waals surface area contributed by atoms with Crippen molar-refractivity contribution in [2.45, 2.75) is 26.3 Å². The molecule has 2 heterocycles. The van der Waals surface area contributed by atoms with E-state index in [2.05, 4.69) is 34.1 Å². The van der Waals surface area contributed by atoms with Crippen LogP contribution < -0.4 is 16.2 Å². The molecule has 1 unspecified atom stereocenters. The molecule has 2 rings (SSSR count). The smallest absolute Gasteiger partial charge is 0.142 e. The van der Waals surface area contributed by atoms with Gasteiger partial charge in [-0.15, -0.1) is 0 Å². The zero-order chi connectivity index (χ0) is 13.0. The zero-order valence-electron chi connectivity index (χ0n) is 11.3. The number of anilines is 2. The lowest BCUT2D eigenvalue weighted by molar-refractivity contribution is 0.192. The van der Waals surface area contributed by atoms with E-state index in [9.17, 15) is 0 Å². The standard InChI is InChI=1S/C13H23N5/c1-3-11(2)17-7-9-18(10-8-17)13-6-4-5-12(15-13)16-14/h4-6,11H,3,7-10,14H2,1-2H3,(H,15,16). The maximum atomic E-state index is 5.39. The fraction of sp³-hybridized carbons (Fsp3) is 0.615. The van der Waals surface area contributed by atoms with E-state index in [1.54, 1.807) is 0 Å². The molecule has 1 saturated heterocycles. The van der Waals surface area contributed by atoms with Crippen molar-refractivity contribution in [3.8, 4) is 0 Å². The largest absolute Gasteiger partial charge is 0.354 e. The van der Waals surface area contributed by atoms with E-state index in [1.807, 2.05) is 18.2 Å². The molecule has 0 spiro atoms. The molecular formula is C13H23N5. The van der Waals surface area contributed by atoms with Crippen LogP contribution in [0.4, 0.5) is 11.6 Å². The third-order valence-electron chi connectivity index (χ3n) is 3.73. The minimum atomic E-state index is 0.678. The second-order valence-electron chi connectivity index (χ2n) is 4.81. The van der Waals surface area contributed by atoms with E-state index in [0.29, 0.717) is 6.04 Å². The van der Waals surface area contributed by atoms with E-state index in [4.69, 9.17) is 5.84 Å². The Morgan fingerprint density at radius 1 is 1.33 bits per heavy atom. The number of aromatic nitrogens is 1. The maximum absolute atomic E-state index is 5.39. The van der Waals surface area contributed by atoms with Crippen LogP contribution in [-0.4, -0.2) is 42.1 Å². The Kier molecular flexibility index (Phi) is 4.38. The van der Waals surface area contributed by atoms with Crippen LogP contribution in [0, 0.1) is 0 Å².